The molecule has 0 bridgehead atoms. The van der Waals surface area contributed by atoms with Gasteiger partial charge in [-0.15, -0.1) is 0 Å². The smallest absolute Gasteiger partial charge is 0.391 e. The normalized spacial score (nSPS) is 20.3. The minimum atomic E-state index is -5.20. The van der Waals surface area contributed by atoms with Crippen molar-refractivity contribution in [2.24, 2.45) is 0 Å². The zero-order chi connectivity index (χ0) is 81.0. The molecule has 0 spiro atoms. The second-order valence-corrected chi connectivity index (χ2v) is 32.7. The summed E-state index contributed by atoms with van der Waals surface area (Å²) in [7, 11) is 0. The van der Waals surface area contributed by atoms with E-state index in [9.17, 15) is 0 Å². The maximum absolute atomic E-state index is 16.4. The number of halogens is 6. The third kappa shape index (κ3) is 15.9. The summed E-state index contributed by atoms with van der Waals surface area (Å²) in [4.78, 5) is 96.4. The van der Waals surface area contributed by atoms with E-state index in [0.29, 0.717) is 71.0 Å². The van der Waals surface area contributed by atoms with Crippen molar-refractivity contribution in [2.75, 3.05) is 26.4 Å². The molecule has 600 valence electrons. The van der Waals surface area contributed by atoms with E-state index in [4.69, 9.17) is 47.4 Å². The number of fused-ring (bicyclic) bond motifs is 2. The first-order chi connectivity index (χ1) is 54.1. The molecule has 9 aromatic carbocycles. The van der Waals surface area contributed by atoms with Gasteiger partial charge >= 0.3 is 24.3 Å². The van der Waals surface area contributed by atoms with Gasteiger partial charge in [-0.05, 0) is 183 Å². The molecule has 8 atom stereocenters. The molecule has 6 aliphatic rings. The fraction of sp³-hybridized carbons (Fsp3) is 0.444. The fourth-order valence-corrected chi connectivity index (χ4v) is 16.5. The molecule has 114 heavy (non-hydrogen) atoms. The quantitative estimate of drug-likeness (QED) is 0.0123. The van der Waals surface area contributed by atoms with E-state index in [2.05, 4.69) is 0 Å². The van der Waals surface area contributed by atoms with Crippen molar-refractivity contribution in [1.29, 1.82) is 0 Å². The first kappa shape index (κ1) is 79.4. The van der Waals surface area contributed by atoms with E-state index >= 15 is 55.1 Å². The zero-order valence-corrected chi connectivity index (χ0v) is 65.8. The average molecular weight is 1570 g/mol. The number of imide groups is 2. The Labute approximate surface area is 656 Å². The molecular weight excluding hydrogens is 1480 g/mol. The summed E-state index contributed by atoms with van der Waals surface area (Å²) in [6, 6.07) is 21.6. The van der Waals surface area contributed by atoms with Crippen LogP contribution in [0.2, 0.25) is 0 Å². The number of alkyl halides is 6. The van der Waals surface area contributed by atoms with Gasteiger partial charge in [-0.25, -0.2) is 9.59 Å². The highest BCUT2D eigenvalue weighted by molar-refractivity contribution is 6.45. The monoisotopic (exact) mass is 1570 g/mol. The van der Waals surface area contributed by atoms with Crippen LogP contribution in [0.3, 0.4) is 0 Å². The van der Waals surface area contributed by atoms with Crippen LogP contribution in [-0.2, 0) is 38.0 Å². The van der Waals surface area contributed by atoms with Crippen LogP contribution in [0.15, 0.2) is 97.1 Å². The minimum absolute atomic E-state index is 0.00336. The highest BCUT2D eigenvalue weighted by Crippen LogP contribution is 2.59. The summed E-state index contributed by atoms with van der Waals surface area (Å²) in [5.41, 5.74) is 4.22. The molecule has 0 N–H and O–H groups in total. The van der Waals surface area contributed by atoms with Crippen molar-refractivity contribution >= 4 is 78.7 Å². The minimum Gasteiger partial charge on any atom is -0.461 e. The van der Waals surface area contributed by atoms with Gasteiger partial charge in [0, 0.05) is 55.9 Å². The predicted molar refractivity (Wildman–Crippen MR) is 415 cm³/mol. The van der Waals surface area contributed by atoms with Gasteiger partial charge in [0.1, 0.15) is 82.5 Å². The highest BCUT2D eigenvalue weighted by Gasteiger charge is 2.52. The summed E-state index contributed by atoms with van der Waals surface area (Å²) in [5, 5.41) is -0.360. The lowest BCUT2D eigenvalue weighted by molar-refractivity contribution is -0.173. The third-order valence-electron chi connectivity index (χ3n) is 22.9. The van der Waals surface area contributed by atoms with E-state index in [1.807, 2.05) is 104 Å². The number of carbonyl (C=O) groups excluding carboxylic acids is 6. The van der Waals surface area contributed by atoms with E-state index in [1.54, 1.807) is 52.0 Å². The first-order valence-electron chi connectivity index (χ1n) is 39.4. The Hall–Kier alpha value is -9.88. The number of ether oxygens (including phenoxy) is 10. The van der Waals surface area contributed by atoms with E-state index in [0.717, 1.165) is 22.3 Å². The number of epoxide rings is 2. The Morgan fingerprint density at radius 1 is 0.386 bits per heavy atom. The number of nitrogens with zero attached hydrogens (tertiary/aromatic N) is 2. The second kappa shape index (κ2) is 31.0. The lowest BCUT2D eigenvalue weighted by Gasteiger charge is -2.37. The molecule has 24 heteroatoms. The van der Waals surface area contributed by atoms with Crippen molar-refractivity contribution in [3.8, 4) is 46.0 Å². The Morgan fingerprint density at radius 2 is 0.649 bits per heavy atom. The Bertz CT molecular complexity index is 4780. The largest absolute Gasteiger partial charge is 0.461 e. The zero-order valence-electron chi connectivity index (χ0n) is 65.8. The lowest BCUT2D eigenvalue weighted by Crippen LogP contribution is -2.53. The van der Waals surface area contributed by atoms with Gasteiger partial charge in [0.05, 0.1) is 73.7 Å². The van der Waals surface area contributed by atoms with Crippen LogP contribution in [0.5, 0.6) is 46.0 Å². The van der Waals surface area contributed by atoms with Crippen molar-refractivity contribution in [2.45, 2.75) is 232 Å². The van der Waals surface area contributed by atoms with Crippen LogP contribution in [0.25, 0.3) is 43.1 Å². The number of carbonyl (C=O) groups is 6. The summed E-state index contributed by atoms with van der Waals surface area (Å²) in [5.74, 6) is -8.40. The summed E-state index contributed by atoms with van der Waals surface area (Å²) in [6.45, 7) is 24.7. The van der Waals surface area contributed by atoms with Crippen LogP contribution < -0.4 is 18.9 Å². The average Bonchev–Trinajstić information content (AvgIpc) is 1.65. The van der Waals surface area contributed by atoms with E-state index in [1.165, 1.54) is 24.3 Å². The number of amides is 4. The van der Waals surface area contributed by atoms with Crippen LogP contribution >= 0.6 is 0 Å². The maximum Gasteiger partial charge on any atom is 0.391 e. The van der Waals surface area contributed by atoms with E-state index < -0.39 is 120 Å². The molecule has 9 aromatic rings. The van der Waals surface area contributed by atoms with Gasteiger partial charge in [0.15, 0.2) is 0 Å². The Balaban J connectivity index is 1.05. The summed E-state index contributed by atoms with van der Waals surface area (Å²) >= 11 is 0. The Morgan fingerprint density at radius 3 is 0.886 bits per heavy atom. The third-order valence-corrected chi connectivity index (χ3v) is 22.9. The number of hydrogen-bond acceptors (Lipinski definition) is 16. The van der Waals surface area contributed by atoms with Crippen LogP contribution in [-0.4, -0.2) is 133 Å². The fourth-order valence-electron chi connectivity index (χ4n) is 16.5. The molecule has 0 radical (unpaired) electrons. The van der Waals surface area contributed by atoms with Crippen LogP contribution in [0.4, 0.5) is 26.3 Å². The summed E-state index contributed by atoms with van der Waals surface area (Å²) < 4.78 is 158. The predicted octanol–water partition coefficient (Wildman–Crippen LogP) is 21.0. The summed E-state index contributed by atoms with van der Waals surface area (Å²) in [6.07, 6.45) is -14.6. The molecule has 4 fully saturated rings. The molecule has 15 rings (SSSR count). The molecule has 4 amide bonds. The van der Waals surface area contributed by atoms with E-state index in [-0.39, 0.29) is 164 Å². The van der Waals surface area contributed by atoms with Crippen molar-refractivity contribution in [1.82, 2.24) is 9.80 Å². The standard InChI is InChI=1S/C90H92F6N2O16/c1-43(2)51-19-23-67(47(9)27-51)111-71-33-61-75-62(84(100)97(83(61)99)65(37-89(91,92)93)87(103)109-57-17-13-15-55(31-57)105-39-59-41-107-59)35-73(113-69-25-21-53(45(5)6)29-49(69)11)79-80-74(114-70-26-22-54(46(7)8)30-50(70)12)36-64-76-63(34-72(78(82(76)80)77(71)81(75)79)112-68-24-20-52(44(3)4)28-48(68)10)85(101)98(86(64)102)66(38-90(94,95)96)88(104)110-58-18-14-16-56(32-58)106-40-60-42-108-60/h19-30,33-36,43-46,55-60,65-66H,13-18,31-32,37-42H2,1-12H3. The molecule has 4 heterocycles. The van der Waals surface area contributed by atoms with Gasteiger partial charge in [0.25, 0.3) is 23.6 Å². The van der Waals surface area contributed by atoms with Gasteiger partial charge in [-0.1, -0.05) is 104 Å². The van der Waals surface area contributed by atoms with Crippen LogP contribution in [0, 0.1) is 27.7 Å². The number of benzene rings is 9. The number of hydrogen-bond donors (Lipinski definition) is 0. The SMILES string of the molecule is Cc1cc(C(C)C)ccc1Oc1cc2c3c(cc(Oc4ccc(C(C)C)cc4C)c4c5c(Oc6ccc(C(C)C)cc6C)cc6c7c(cc(Oc8ccc(C(C)C)cc8C)c(c1c34)c75)C(=O)N(C(CC(F)(F)F)C(=O)OC1CCCC(OCC3CO3)C1)C6=O)C(=O)N(C(CC(F)(F)F)C(=O)OC1CCCC(OCC3CO3)C1)C2=O. The highest BCUT2D eigenvalue weighted by atomic mass is 19.4. The van der Waals surface area contributed by atoms with Crippen molar-refractivity contribution in [3.63, 3.8) is 0 Å². The molecule has 2 saturated carbocycles. The molecule has 18 nitrogen and oxygen atoms in total. The molecular formula is C90H92F6N2O16. The van der Waals surface area contributed by atoms with Gasteiger partial charge < -0.3 is 47.4 Å². The van der Waals surface area contributed by atoms with Gasteiger partial charge in [-0.2, -0.15) is 26.3 Å². The Kier molecular flexibility index (Phi) is 21.6. The number of aryl methyl sites for hydroxylation is 4. The molecule has 2 aliphatic carbocycles. The molecule has 8 unspecified atom stereocenters. The first-order valence-corrected chi connectivity index (χ1v) is 39.4. The second-order valence-electron chi connectivity index (χ2n) is 32.7. The van der Waals surface area contributed by atoms with Gasteiger partial charge in [-0.3, -0.25) is 29.0 Å². The van der Waals surface area contributed by atoms with Crippen molar-refractivity contribution in [3.05, 3.63) is 164 Å². The topological polar surface area (TPSA) is 208 Å². The lowest BCUT2D eigenvalue weighted by atomic mass is 9.80. The maximum atomic E-state index is 16.4. The molecule has 0 aromatic heterocycles. The van der Waals surface area contributed by atoms with Crippen molar-refractivity contribution < 1.29 is 102 Å². The number of esters is 2. The molecule has 2 saturated heterocycles. The molecule has 4 aliphatic heterocycles. The number of rotatable bonds is 26. The van der Waals surface area contributed by atoms with Crippen LogP contribution in [0.1, 0.15) is 229 Å². The van der Waals surface area contributed by atoms with Gasteiger partial charge in [0.2, 0.25) is 0 Å².